The van der Waals surface area contributed by atoms with Crippen LogP contribution in [0.15, 0.2) is 24.3 Å². The van der Waals surface area contributed by atoms with Gasteiger partial charge in [-0.2, -0.15) is 0 Å². The van der Waals surface area contributed by atoms with Crippen molar-refractivity contribution in [3.63, 3.8) is 0 Å². The van der Waals surface area contributed by atoms with E-state index in [1.807, 2.05) is 24.3 Å². The van der Waals surface area contributed by atoms with E-state index in [4.69, 9.17) is 9.47 Å². The Hall–Kier alpha value is -1.11. The normalized spacial score (nSPS) is 17.0. The summed E-state index contributed by atoms with van der Waals surface area (Å²) in [5, 5.41) is 3.17. The highest BCUT2D eigenvalue weighted by Gasteiger charge is 2.25. The highest BCUT2D eigenvalue weighted by molar-refractivity contribution is 7.99. The average molecular weight is 333 g/mol. The monoisotopic (exact) mass is 332 g/mol. The lowest BCUT2D eigenvalue weighted by Crippen LogP contribution is -2.44. The minimum atomic E-state index is -0.0590. The highest BCUT2D eigenvalue weighted by Crippen LogP contribution is 2.25. The first-order valence-corrected chi connectivity index (χ1v) is 7.69. The molecule has 7 heteroatoms. The predicted molar refractivity (Wildman–Crippen MR) is 87.6 cm³/mol. The van der Waals surface area contributed by atoms with Crippen LogP contribution in [0.1, 0.15) is 0 Å². The van der Waals surface area contributed by atoms with Gasteiger partial charge in [-0.3, -0.25) is 10.1 Å². The van der Waals surface area contributed by atoms with E-state index in [-0.39, 0.29) is 24.4 Å². The van der Waals surface area contributed by atoms with Gasteiger partial charge in [0.05, 0.1) is 19.7 Å². The maximum absolute atomic E-state index is 12.1. The number of thioether (sulfide) groups is 1. The zero-order valence-electron chi connectivity index (χ0n) is 12.2. The van der Waals surface area contributed by atoms with Crippen LogP contribution >= 0.6 is 24.2 Å². The van der Waals surface area contributed by atoms with Gasteiger partial charge in [0, 0.05) is 18.7 Å². The molecule has 5 nitrogen and oxygen atoms in total. The Balaban J connectivity index is 0.00000220. The number of benzene rings is 1. The van der Waals surface area contributed by atoms with Gasteiger partial charge < -0.3 is 14.4 Å². The molecule has 1 aromatic rings. The molecule has 0 aliphatic carbocycles. The molecule has 1 fully saturated rings. The Morgan fingerprint density at radius 2 is 2.14 bits per heavy atom. The van der Waals surface area contributed by atoms with E-state index in [0.717, 1.165) is 11.6 Å². The second-order valence-corrected chi connectivity index (χ2v) is 5.56. The zero-order valence-corrected chi connectivity index (χ0v) is 13.8. The van der Waals surface area contributed by atoms with Crippen LogP contribution in [0.25, 0.3) is 0 Å². The molecule has 1 atom stereocenters. The van der Waals surface area contributed by atoms with Crippen molar-refractivity contribution in [2.75, 3.05) is 38.9 Å². The van der Waals surface area contributed by atoms with E-state index in [2.05, 4.69) is 5.32 Å². The third-order valence-electron chi connectivity index (χ3n) is 3.14. The molecule has 1 saturated heterocycles. The molecule has 118 valence electrons. The van der Waals surface area contributed by atoms with Crippen LogP contribution in [0.3, 0.4) is 0 Å². The second-order valence-electron chi connectivity index (χ2n) is 4.53. The smallest absolute Gasteiger partial charge is 0.240 e. The van der Waals surface area contributed by atoms with Crippen molar-refractivity contribution in [3.8, 4) is 11.5 Å². The molecule has 2 rings (SSSR count). The van der Waals surface area contributed by atoms with Gasteiger partial charge in [-0.25, -0.2) is 0 Å². The standard InChI is InChI=1S/C14H20N2O3S.ClH/c1-16(14(17)11-9-20-10-15-11)7-8-19-13-6-4-3-5-12(13)18-2;/h3-6,11,15H,7-10H2,1-2H3;1H. The zero-order chi connectivity index (χ0) is 14.4. The van der Waals surface area contributed by atoms with Gasteiger partial charge in [-0.1, -0.05) is 12.1 Å². The van der Waals surface area contributed by atoms with Crippen molar-refractivity contribution >= 4 is 30.1 Å². The lowest BCUT2D eigenvalue weighted by atomic mass is 10.3. The van der Waals surface area contributed by atoms with Crippen molar-refractivity contribution in [2.24, 2.45) is 0 Å². The molecular weight excluding hydrogens is 312 g/mol. The van der Waals surface area contributed by atoms with Crippen molar-refractivity contribution in [2.45, 2.75) is 6.04 Å². The number of para-hydroxylation sites is 2. The first kappa shape index (κ1) is 17.9. The summed E-state index contributed by atoms with van der Waals surface area (Å²) in [5.41, 5.74) is 0. The van der Waals surface area contributed by atoms with E-state index in [0.29, 0.717) is 24.7 Å². The van der Waals surface area contributed by atoms with Gasteiger partial charge in [0.2, 0.25) is 5.91 Å². The van der Waals surface area contributed by atoms with Gasteiger partial charge >= 0.3 is 0 Å². The summed E-state index contributed by atoms with van der Waals surface area (Å²) in [7, 11) is 3.42. The molecule has 0 spiro atoms. The molecular formula is C14H21ClN2O3S. The third-order valence-corrected chi connectivity index (χ3v) is 4.08. The Bertz CT molecular complexity index is 456. The summed E-state index contributed by atoms with van der Waals surface area (Å²) >= 11 is 1.75. The average Bonchev–Trinajstić information content (AvgIpc) is 3.01. The molecule has 1 aliphatic rings. The first-order valence-electron chi connectivity index (χ1n) is 6.54. The molecule has 0 aromatic heterocycles. The number of methoxy groups -OCH3 is 1. The number of nitrogens with one attached hydrogen (secondary N) is 1. The summed E-state index contributed by atoms with van der Waals surface area (Å²) in [6, 6.07) is 7.44. The highest BCUT2D eigenvalue weighted by atomic mass is 35.5. The number of rotatable bonds is 6. The largest absolute Gasteiger partial charge is 0.493 e. The Morgan fingerprint density at radius 1 is 1.43 bits per heavy atom. The molecule has 1 N–H and O–H groups in total. The van der Waals surface area contributed by atoms with Gasteiger partial charge in [0.15, 0.2) is 11.5 Å². The molecule has 1 aromatic carbocycles. The third kappa shape index (κ3) is 4.98. The number of carbonyl (C=O) groups is 1. The van der Waals surface area contributed by atoms with E-state index in [1.165, 1.54) is 0 Å². The minimum absolute atomic E-state index is 0. The molecule has 21 heavy (non-hydrogen) atoms. The van der Waals surface area contributed by atoms with Crippen molar-refractivity contribution in [3.05, 3.63) is 24.3 Å². The van der Waals surface area contributed by atoms with Crippen LogP contribution in [0.2, 0.25) is 0 Å². The maximum atomic E-state index is 12.1. The summed E-state index contributed by atoms with van der Waals surface area (Å²) in [5.74, 6) is 3.22. The van der Waals surface area contributed by atoms with E-state index >= 15 is 0 Å². The fourth-order valence-corrected chi connectivity index (χ4v) is 2.89. The van der Waals surface area contributed by atoms with E-state index in [9.17, 15) is 4.79 Å². The summed E-state index contributed by atoms with van der Waals surface area (Å²) < 4.78 is 10.9. The minimum Gasteiger partial charge on any atom is -0.493 e. The van der Waals surface area contributed by atoms with Crippen molar-refractivity contribution in [1.29, 1.82) is 0 Å². The summed E-state index contributed by atoms with van der Waals surface area (Å²) in [6.07, 6.45) is 0. The lowest BCUT2D eigenvalue weighted by Gasteiger charge is -2.21. The van der Waals surface area contributed by atoms with Gasteiger partial charge in [0.25, 0.3) is 0 Å². The molecule has 0 radical (unpaired) electrons. The van der Waals surface area contributed by atoms with Gasteiger partial charge in [-0.05, 0) is 12.1 Å². The molecule has 1 aliphatic heterocycles. The molecule has 0 saturated carbocycles. The molecule has 0 bridgehead atoms. The number of hydrogen-bond donors (Lipinski definition) is 1. The summed E-state index contributed by atoms with van der Waals surface area (Å²) in [6.45, 7) is 1.00. The van der Waals surface area contributed by atoms with Crippen LogP contribution in [0.4, 0.5) is 0 Å². The van der Waals surface area contributed by atoms with Crippen LogP contribution in [0.5, 0.6) is 11.5 Å². The van der Waals surface area contributed by atoms with Gasteiger partial charge in [0.1, 0.15) is 6.61 Å². The number of amides is 1. The SMILES string of the molecule is COc1ccccc1OCCN(C)C(=O)C1CSCN1.Cl. The topological polar surface area (TPSA) is 50.8 Å². The Kier molecular flexibility index (Phi) is 7.71. The fourth-order valence-electron chi connectivity index (χ4n) is 1.96. The van der Waals surface area contributed by atoms with Crippen LogP contribution < -0.4 is 14.8 Å². The first-order chi connectivity index (χ1) is 9.72. The maximum Gasteiger partial charge on any atom is 0.240 e. The number of nitrogens with zero attached hydrogens (tertiary/aromatic N) is 1. The molecule has 1 amide bonds. The quantitative estimate of drug-likeness (QED) is 0.858. The molecule has 1 heterocycles. The van der Waals surface area contributed by atoms with E-state index in [1.54, 1.807) is 30.8 Å². The molecule has 1 unspecified atom stereocenters. The summed E-state index contributed by atoms with van der Waals surface area (Å²) in [4.78, 5) is 13.8. The van der Waals surface area contributed by atoms with Crippen LogP contribution in [-0.2, 0) is 4.79 Å². The van der Waals surface area contributed by atoms with Crippen LogP contribution in [-0.4, -0.2) is 55.8 Å². The van der Waals surface area contributed by atoms with E-state index < -0.39 is 0 Å². The number of likely N-dealkylation sites (N-methyl/N-ethyl adjacent to an activating group) is 1. The lowest BCUT2D eigenvalue weighted by molar-refractivity contribution is -0.131. The number of hydrogen-bond acceptors (Lipinski definition) is 5. The number of carbonyl (C=O) groups excluding carboxylic acids is 1. The number of halogens is 1. The second kappa shape index (κ2) is 9.02. The number of ether oxygens (including phenoxy) is 2. The fraction of sp³-hybridized carbons (Fsp3) is 0.500. The predicted octanol–water partition coefficient (Wildman–Crippen LogP) is 1.62. The Morgan fingerprint density at radius 3 is 2.76 bits per heavy atom. The Labute approximate surface area is 135 Å². The van der Waals surface area contributed by atoms with Crippen molar-refractivity contribution < 1.29 is 14.3 Å². The van der Waals surface area contributed by atoms with Crippen molar-refractivity contribution in [1.82, 2.24) is 10.2 Å². The van der Waals surface area contributed by atoms with Crippen LogP contribution in [0, 0.1) is 0 Å². The van der Waals surface area contributed by atoms with Gasteiger partial charge in [-0.15, -0.1) is 24.2 Å².